The van der Waals surface area contributed by atoms with Gasteiger partial charge >= 0.3 is 88.8 Å². The van der Waals surface area contributed by atoms with Crippen LogP contribution in [0.3, 0.4) is 0 Å². The van der Waals surface area contributed by atoms with Gasteiger partial charge in [0.25, 0.3) is 0 Å². The van der Waals surface area contributed by atoms with Gasteiger partial charge in [0.15, 0.2) is 0 Å². The third-order valence-electron chi connectivity index (χ3n) is 1.85. The Morgan fingerprint density at radius 2 is 2.00 bits per heavy atom. The van der Waals surface area contributed by atoms with E-state index in [2.05, 4.69) is 25.1 Å². The van der Waals surface area contributed by atoms with E-state index in [0.29, 0.717) is 0 Å². The molecule has 1 aromatic heterocycles. The Bertz CT molecular complexity index is 327. The Balaban J connectivity index is 2.84. The standard InChI is InChI=1S/C7H7N2O.3CH3.Sn/c1-6(10)9-7-3-2-4-8-5-7;;;;/h2-3,5H,1H3,(H,9,10);3*1H3;. The van der Waals surface area contributed by atoms with Crippen LogP contribution in [0.4, 0.5) is 5.69 Å². The van der Waals surface area contributed by atoms with Gasteiger partial charge in [0, 0.05) is 0 Å². The summed E-state index contributed by atoms with van der Waals surface area (Å²) >= 11 is -2.02. The third-order valence-corrected chi connectivity index (χ3v) is 7.08. The van der Waals surface area contributed by atoms with E-state index in [-0.39, 0.29) is 5.91 Å². The van der Waals surface area contributed by atoms with Gasteiger partial charge in [-0.15, -0.1) is 0 Å². The van der Waals surface area contributed by atoms with Gasteiger partial charge in [-0.3, -0.25) is 0 Å². The van der Waals surface area contributed by atoms with Crippen molar-refractivity contribution in [3.63, 3.8) is 0 Å². The molecule has 0 unspecified atom stereocenters. The molecule has 0 saturated heterocycles. The second kappa shape index (κ2) is 4.29. The van der Waals surface area contributed by atoms with E-state index in [1.54, 1.807) is 6.20 Å². The average molecular weight is 299 g/mol. The molecule has 0 aliphatic heterocycles. The van der Waals surface area contributed by atoms with Crippen molar-refractivity contribution in [1.82, 2.24) is 4.98 Å². The van der Waals surface area contributed by atoms with Gasteiger partial charge in [-0.2, -0.15) is 0 Å². The molecule has 1 heterocycles. The monoisotopic (exact) mass is 300 g/mol. The second-order valence-electron chi connectivity index (χ2n) is 4.36. The number of hydrogen-bond acceptors (Lipinski definition) is 2. The number of rotatable bonds is 2. The van der Waals surface area contributed by atoms with Crippen LogP contribution < -0.4 is 9.03 Å². The first-order valence-electron chi connectivity index (χ1n) is 4.64. The van der Waals surface area contributed by atoms with Gasteiger partial charge in [-0.25, -0.2) is 0 Å². The van der Waals surface area contributed by atoms with Crippen LogP contribution in [0.2, 0.25) is 14.8 Å². The fourth-order valence-corrected chi connectivity index (χ4v) is 4.07. The van der Waals surface area contributed by atoms with E-state index in [1.807, 2.05) is 12.1 Å². The number of nitrogens with one attached hydrogen (secondary N) is 1. The van der Waals surface area contributed by atoms with Crippen molar-refractivity contribution in [3.05, 3.63) is 18.3 Å². The summed E-state index contributed by atoms with van der Waals surface area (Å²) < 4.78 is 1.23. The first-order chi connectivity index (χ1) is 6.39. The van der Waals surface area contributed by atoms with Gasteiger partial charge in [-0.05, 0) is 0 Å². The summed E-state index contributed by atoms with van der Waals surface area (Å²) in [7, 11) is 0. The molecule has 3 nitrogen and oxygen atoms in total. The summed E-state index contributed by atoms with van der Waals surface area (Å²) in [5.74, 6) is -0.0566. The molecule has 0 aliphatic carbocycles. The van der Waals surface area contributed by atoms with Gasteiger partial charge in [-0.1, -0.05) is 0 Å². The number of amides is 1. The normalized spacial score (nSPS) is 11.1. The zero-order chi connectivity index (χ0) is 10.8. The molecule has 1 N–H and O–H groups in total. The number of anilines is 1. The Morgan fingerprint density at radius 3 is 2.36 bits per heavy atom. The zero-order valence-electron chi connectivity index (χ0n) is 9.09. The van der Waals surface area contributed by atoms with Crippen LogP contribution in [0.1, 0.15) is 6.92 Å². The third kappa shape index (κ3) is 3.29. The Hall–Kier alpha value is -0.581. The van der Waals surface area contributed by atoms with E-state index < -0.39 is 18.4 Å². The van der Waals surface area contributed by atoms with Crippen molar-refractivity contribution < 1.29 is 4.79 Å². The van der Waals surface area contributed by atoms with Gasteiger partial charge in [0.1, 0.15) is 0 Å². The molecule has 0 radical (unpaired) electrons. The summed E-state index contributed by atoms with van der Waals surface area (Å²) in [5, 5.41) is 2.71. The van der Waals surface area contributed by atoms with Gasteiger partial charge in [0.05, 0.1) is 0 Å². The van der Waals surface area contributed by atoms with E-state index in [1.165, 1.54) is 10.6 Å². The van der Waals surface area contributed by atoms with Crippen molar-refractivity contribution in [1.29, 1.82) is 0 Å². The molecule has 0 aliphatic rings. The number of aromatic nitrogens is 1. The van der Waals surface area contributed by atoms with Crippen LogP contribution in [0, 0.1) is 0 Å². The fourth-order valence-electron chi connectivity index (χ4n) is 1.11. The molecule has 0 saturated carbocycles. The predicted octanol–water partition coefficient (Wildman–Crippen LogP) is 1.59. The van der Waals surface area contributed by atoms with Crippen LogP contribution in [0.5, 0.6) is 0 Å². The number of pyridine rings is 1. The molecular formula is C10H16N2OSn. The minimum atomic E-state index is -2.02. The van der Waals surface area contributed by atoms with E-state index in [4.69, 9.17) is 0 Å². The molecule has 0 atom stereocenters. The SMILES string of the molecule is CC(=O)Nc1cc[c]([Sn]([CH3])([CH3])[CH3])nc1. The van der Waals surface area contributed by atoms with Gasteiger partial charge < -0.3 is 0 Å². The van der Waals surface area contributed by atoms with Crippen molar-refractivity contribution in [3.8, 4) is 0 Å². The van der Waals surface area contributed by atoms with Crippen LogP contribution in [-0.4, -0.2) is 29.3 Å². The van der Waals surface area contributed by atoms with Crippen LogP contribution in [0.25, 0.3) is 0 Å². The van der Waals surface area contributed by atoms with E-state index in [0.717, 1.165) is 5.69 Å². The topological polar surface area (TPSA) is 42.0 Å². The van der Waals surface area contributed by atoms with Crippen LogP contribution in [-0.2, 0) is 4.79 Å². The molecule has 0 bridgehead atoms. The molecule has 76 valence electrons. The summed E-state index contributed by atoms with van der Waals surface area (Å²) in [4.78, 5) is 22.1. The number of hydrogen-bond donors (Lipinski definition) is 1. The molecule has 0 aromatic carbocycles. The zero-order valence-corrected chi connectivity index (χ0v) is 11.9. The number of carbonyl (C=O) groups is 1. The Labute approximate surface area is 88.8 Å². The predicted molar refractivity (Wildman–Crippen MR) is 61.5 cm³/mol. The first-order valence-corrected chi connectivity index (χ1v) is 14.6. The number of carbonyl (C=O) groups excluding carboxylic acids is 1. The van der Waals surface area contributed by atoms with E-state index >= 15 is 0 Å². The Kier molecular flexibility index (Phi) is 3.53. The fraction of sp³-hybridized carbons (Fsp3) is 0.400. The Morgan fingerprint density at radius 1 is 1.36 bits per heavy atom. The van der Waals surface area contributed by atoms with Crippen molar-refractivity contribution in [2.45, 2.75) is 21.7 Å². The number of nitrogens with zero attached hydrogens (tertiary/aromatic N) is 1. The van der Waals surface area contributed by atoms with Crippen molar-refractivity contribution in [2.24, 2.45) is 0 Å². The molecule has 1 aromatic rings. The summed E-state index contributed by atoms with van der Waals surface area (Å²) in [5.41, 5.74) is 0.775. The molecule has 1 rings (SSSR count). The molecule has 4 heteroatoms. The minimum absolute atomic E-state index is 0.0566. The molecular weight excluding hydrogens is 283 g/mol. The quantitative estimate of drug-likeness (QED) is 0.843. The van der Waals surface area contributed by atoms with Crippen LogP contribution >= 0.6 is 0 Å². The molecule has 0 spiro atoms. The van der Waals surface area contributed by atoms with Crippen molar-refractivity contribution in [2.75, 3.05) is 5.32 Å². The van der Waals surface area contributed by atoms with Gasteiger partial charge in [0.2, 0.25) is 0 Å². The van der Waals surface area contributed by atoms with Crippen molar-refractivity contribution >= 4 is 33.7 Å². The average Bonchev–Trinajstić information content (AvgIpc) is 2.02. The maximum absolute atomic E-state index is 10.8. The molecule has 0 fully saturated rings. The summed E-state index contributed by atoms with van der Waals surface area (Å²) in [6.45, 7) is 1.50. The van der Waals surface area contributed by atoms with Crippen LogP contribution in [0.15, 0.2) is 18.3 Å². The molecule has 14 heavy (non-hydrogen) atoms. The second-order valence-corrected chi connectivity index (χ2v) is 18.7. The molecule has 1 amide bonds. The van der Waals surface area contributed by atoms with E-state index in [9.17, 15) is 4.79 Å². The summed E-state index contributed by atoms with van der Waals surface area (Å²) in [6, 6.07) is 3.95. The maximum atomic E-state index is 10.8. The first kappa shape index (κ1) is 11.5. The summed E-state index contributed by atoms with van der Waals surface area (Å²) in [6.07, 6.45) is 1.74.